The fourth-order valence-corrected chi connectivity index (χ4v) is 3.04. The van der Waals surface area contributed by atoms with Gasteiger partial charge in [0.1, 0.15) is 0 Å². The predicted molar refractivity (Wildman–Crippen MR) is 79.6 cm³/mol. The molecule has 1 aromatic rings. The highest BCUT2D eigenvalue weighted by molar-refractivity contribution is 6.32. The summed E-state index contributed by atoms with van der Waals surface area (Å²) in [6.07, 6.45) is 2.99. The molecule has 112 valence electrons. The molecule has 2 rings (SSSR count). The standard InChI is InChI=1S/C15H22ClNO3/c1-19-14-7-10(6-12(16)15(14)20-2)8-17-9-11-4-3-5-13(11)18/h6-7,11,13,17-18H,3-5,8-9H2,1-2H3. The first-order chi connectivity index (χ1) is 9.65. The van der Waals surface area contributed by atoms with E-state index in [4.69, 9.17) is 21.1 Å². The minimum absolute atomic E-state index is 0.156. The van der Waals surface area contributed by atoms with E-state index in [1.54, 1.807) is 14.2 Å². The van der Waals surface area contributed by atoms with E-state index in [2.05, 4.69) is 5.32 Å². The highest BCUT2D eigenvalue weighted by atomic mass is 35.5. The molecule has 0 aromatic heterocycles. The maximum atomic E-state index is 9.78. The Morgan fingerprint density at radius 3 is 2.70 bits per heavy atom. The first-order valence-electron chi connectivity index (χ1n) is 6.95. The summed E-state index contributed by atoms with van der Waals surface area (Å²) in [6, 6.07) is 3.80. The summed E-state index contributed by atoms with van der Waals surface area (Å²) in [5.74, 6) is 1.56. The number of rotatable bonds is 6. The zero-order chi connectivity index (χ0) is 14.5. The van der Waals surface area contributed by atoms with Gasteiger partial charge in [0.2, 0.25) is 0 Å². The monoisotopic (exact) mass is 299 g/mol. The molecule has 1 aliphatic rings. The summed E-state index contributed by atoms with van der Waals surface area (Å²) in [5.41, 5.74) is 1.04. The van der Waals surface area contributed by atoms with Crippen LogP contribution in [-0.4, -0.2) is 32.0 Å². The van der Waals surface area contributed by atoms with Gasteiger partial charge in [-0.25, -0.2) is 0 Å². The molecule has 0 spiro atoms. The fourth-order valence-electron chi connectivity index (χ4n) is 2.73. The molecule has 0 bridgehead atoms. The summed E-state index contributed by atoms with van der Waals surface area (Å²) in [6.45, 7) is 1.52. The Bertz CT molecular complexity index is 453. The van der Waals surface area contributed by atoms with Crippen molar-refractivity contribution < 1.29 is 14.6 Å². The van der Waals surface area contributed by atoms with Gasteiger partial charge in [0, 0.05) is 13.1 Å². The van der Waals surface area contributed by atoms with Crippen LogP contribution in [0.4, 0.5) is 0 Å². The van der Waals surface area contributed by atoms with Crippen LogP contribution in [0.15, 0.2) is 12.1 Å². The van der Waals surface area contributed by atoms with Crippen LogP contribution in [0.2, 0.25) is 5.02 Å². The van der Waals surface area contributed by atoms with Gasteiger partial charge in [0.05, 0.1) is 25.3 Å². The molecule has 0 saturated heterocycles. The average Bonchev–Trinajstić information content (AvgIpc) is 2.84. The van der Waals surface area contributed by atoms with Crippen molar-refractivity contribution in [2.24, 2.45) is 5.92 Å². The average molecular weight is 300 g/mol. The van der Waals surface area contributed by atoms with E-state index in [9.17, 15) is 5.11 Å². The highest BCUT2D eigenvalue weighted by Gasteiger charge is 2.24. The quantitative estimate of drug-likeness (QED) is 0.848. The molecule has 0 amide bonds. The van der Waals surface area contributed by atoms with Crippen LogP contribution < -0.4 is 14.8 Å². The van der Waals surface area contributed by atoms with Gasteiger partial charge in [0.15, 0.2) is 11.5 Å². The van der Waals surface area contributed by atoms with Gasteiger partial charge in [-0.15, -0.1) is 0 Å². The molecule has 20 heavy (non-hydrogen) atoms. The molecule has 1 aliphatic carbocycles. The first-order valence-corrected chi connectivity index (χ1v) is 7.32. The molecule has 0 radical (unpaired) electrons. The second-order valence-electron chi connectivity index (χ2n) is 5.20. The largest absolute Gasteiger partial charge is 0.493 e. The maximum Gasteiger partial charge on any atom is 0.179 e. The Balaban J connectivity index is 1.94. The van der Waals surface area contributed by atoms with Crippen molar-refractivity contribution in [3.63, 3.8) is 0 Å². The van der Waals surface area contributed by atoms with Crippen LogP contribution in [-0.2, 0) is 6.54 Å². The van der Waals surface area contributed by atoms with Gasteiger partial charge in [0.25, 0.3) is 0 Å². The van der Waals surface area contributed by atoms with E-state index in [1.807, 2.05) is 12.1 Å². The topological polar surface area (TPSA) is 50.7 Å². The predicted octanol–water partition coefficient (Wildman–Crippen LogP) is 2.61. The lowest BCUT2D eigenvalue weighted by Gasteiger charge is -2.16. The fraction of sp³-hybridized carbons (Fsp3) is 0.600. The van der Waals surface area contributed by atoms with E-state index in [-0.39, 0.29) is 6.10 Å². The van der Waals surface area contributed by atoms with Crippen LogP contribution in [0.5, 0.6) is 11.5 Å². The Hall–Kier alpha value is -0.970. The van der Waals surface area contributed by atoms with Gasteiger partial charge < -0.3 is 19.9 Å². The second-order valence-corrected chi connectivity index (χ2v) is 5.61. The van der Waals surface area contributed by atoms with E-state index >= 15 is 0 Å². The third-order valence-electron chi connectivity index (χ3n) is 3.85. The van der Waals surface area contributed by atoms with Gasteiger partial charge in [-0.3, -0.25) is 0 Å². The maximum absolute atomic E-state index is 9.78. The van der Waals surface area contributed by atoms with Crippen LogP contribution >= 0.6 is 11.6 Å². The molecule has 2 N–H and O–H groups in total. The van der Waals surface area contributed by atoms with Crippen molar-refractivity contribution in [2.75, 3.05) is 20.8 Å². The Morgan fingerprint density at radius 1 is 1.30 bits per heavy atom. The van der Waals surface area contributed by atoms with Crippen molar-refractivity contribution in [2.45, 2.75) is 31.9 Å². The molecular weight excluding hydrogens is 278 g/mol. The van der Waals surface area contributed by atoms with Crippen molar-refractivity contribution >= 4 is 11.6 Å². The van der Waals surface area contributed by atoms with Crippen LogP contribution in [0.3, 0.4) is 0 Å². The molecule has 5 heteroatoms. The summed E-state index contributed by atoms with van der Waals surface area (Å²) >= 11 is 6.17. The molecule has 2 atom stereocenters. The zero-order valence-electron chi connectivity index (χ0n) is 12.0. The van der Waals surface area contributed by atoms with E-state index in [0.717, 1.165) is 31.4 Å². The summed E-state index contributed by atoms with van der Waals surface area (Å²) in [4.78, 5) is 0. The van der Waals surface area contributed by atoms with Gasteiger partial charge in [-0.05, 0) is 36.5 Å². The van der Waals surface area contributed by atoms with Gasteiger partial charge in [-0.2, -0.15) is 0 Å². The number of ether oxygens (including phenoxy) is 2. The molecule has 0 aliphatic heterocycles. The molecular formula is C15H22ClNO3. The second kappa shape index (κ2) is 7.16. The van der Waals surface area contributed by atoms with Crippen LogP contribution in [0.25, 0.3) is 0 Å². The minimum atomic E-state index is -0.156. The van der Waals surface area contributed by atoms with Crippen LogP contribution in [0.1, 0.15) is 24.8 Å². The number of methoxy groups -OCH3 is 2. The van der Waals surface area contributed by atoms with Gasteiger partial charge in [-0.1, -0.05) is 18.0 Å². The number of hydrogen-bond donors (Lipinski definition) is 2. The van der Waals surface area contributed by atoms with Crippen molar-refractivity contribution in [3.8, 4) is 11.5 Å². The number of halogens is 1. The number of nitrogens with one attached hydrogen (secondary N) is 1. The van der Waals surface area contributed by atoms with E-state index < -0.39 is 0 Å². The summed E-state index contributed by atoms with van der Waals surface area (Å²) in [7, 11) is 3.17. The molecule has 1 saturated carbocycles. The lowest BCUT2D eigenvalue weighted by atomic mass is 10.1. The number of aliphatic hydroxyl groups excluding tert-OH is 1. The highest BCUT2D eigenvalue weighted by Crippen LogP contribution is 2.36. The van der Waals surface area contributed by atoms with Gasteiger partial charge >= 0.3 is 0 Å². The lowest BCUT2D eigenvalue weighted by molar-refractivity contribution is 0.131. The molecule has 4 nitrogen and oxygen atoms in total. The number of hydrogen-bond acceptors (Lipinski definition) is 4. The molecule has 1 aromatic carbocycles. The number of benzene rings is 1. The minimum Gasteiger partial charge on any atom is -0.493 e. The SMILES string of the molecule is COc1cc(CNCC2CCCC2O)cc(Cl)c1OC. The molecule has 0 heterocycles. The van der Waals surface area contributed by atoms with Crippen molar-refractivity contribution in [3.05, 3.63) is 22.7 Å². The third kappa shape index (κ3) is 3.57. The lowest BCUT2D eigenvalue weighted by Crippen LogP contribution is -2.27. The zero-order valence-corrected chi connectivity index (χ0v) is 12.7. The smallest absolute Gasteiger partial charge is 0.179 e. The molecule has 2 unspecified atom stereocenters. The summed E-state index contributed by atoms with van der Waals surface area (Å²) < 4.78 is 10.5. The van der Waals surface area contributed by atoms with E-state index in [1.165, 1.54) is 0 Å². The van der Waals surface area contributed by atoms with Crippen LogP contribution in [0, 0.1) is 5.92 Å². The Labute approximate surface area is 125 Å². The Kier molecular flexibility index (Phi) is 5.52. The van der Waals surface area contributed by atoms with Crippen molar-refractivity contribution in [1.29, 1.82) is 0 Å². The summed E-state index contributed by atoms with van der Waals surface area (Å²) in [5, 5.41) is 13.7. The van der Waals surface area contributed by atoms with Crippen molar-refractivity contribution in [1.82, 2.24) is 5.32 Å². The third-order valence-corrected chi connectivity index (χ3v) is 4.13. The number of aliphatic hydroxyl groups is 1. The van der Waals surface area contributed by atoms with E-state index in [0.29, 0.717) is 29.0 Å². The Morgan fingerprint density at radius 2 is 2.10 bits per heavy atom. The normalized spacial score (nSPS) is 22.0. The first kappa shape index (κ1) is 15.4. The molecule has 1 fully saturated rings.